The zero-order valence-electron chi connectivity index (χ0n) is 9.67. The van der Waals surface area contributed by atoms with Crippen molar-refractivity contribution >= 4 is 17.5 Å². The van der Waals surface area contributed by atoms with Crippen molar-refractivity contribution in [2.24, 2.45) is 11.8 Å². The highest BCUT2D eigenvalue weighted by Crippen LogP contribution is 2.37. The van der Waals surface area contributed by atoms with Crippen LogP contribution in [0.4, 0.5) is 10.1 Å². The highest BCUT2D eigenvalue weighted by molar-refractivity contribution is 6.22. The number of imide groups is 1. The molecule has 92 valence electrons. The summed E-state index contributed by atoms with van der Waals surface area (Å²) in [6, 6.07) is 5.88. The summed E-state index contributed by atoms with van der Waals surface area (Å²) < 4.78 is 13.7. The Kier molecular flexibility index (Phi) is 2.51. The minimum atomic E-state index is -0.540. The van der Waals surface area contributed by atoms with Gasteiger partial charge in [0.1, 0.15) is 5.82 Å². The number of halogens is 1. The number of carbonyl (C=O) groups excluding carboxylic acids is 2. The van der Waals surface area contributed by atoms with Crippen molar-refractivity contribution in [2.75, 3.05) is 4.90 Å². The highest BCUT2D eigenvalue weighted by atomic mass is 19.1. The summed E-state index contributed by atoms with van der Waals surface area (Å²) in [6.07, 6.45) is 5.15. The van der Waals surface area contributed by atoms with Crippen LogP contribution < -0.4 is 4.90 Å². The number of amides is 2. The number of anilines is 1. The molecule has 18 heavy (non-hydrogen) atoms. The first-order chi connectivity index (χ1) is 8.70. The van der Waals surface area contributed by atoms with Gasteiger partial charge in [-0.1, -0.05) is 24.3 Å². The van der Waals surface area contributed by atoms with Crippen LogP contribution in [0.2, 0.25) is 0 Å². The van der Waals surface area contributed by atoms with Crippen molar-refractivity contribution in [3.05, 3.63) is 42.2 Å². The van der Waals surface area contributed by atoms with Crippen LogP contribution in [0.25, 0.3) is 0 Å². The summed E-state index contributed by atoms with van der Waals surface area (Å²) in [6.45, 7) is 0. The fourth-order valence-corrected chi connectivity index (χ4v) is 2.66. The molecule has 1 saturated heterocycles. The van der Waals surface area contributed by atoms with Gasteiger partial charge in [0.2, 0.25) is 11.8 Å². The first-order valence-corrected chi connectivity index (χ1v) is 5.99. The first-order valence-electron chi connectivity index (χ1n) is 5.99. The van der Waals surface area contributed by atoms with Gasteiger partial charge in [-0.05, 0) is 25.0 Å². The zero-order valence-corrected chi connectivity index (χ0v) is 9.67. The van der Waals surface area contributed by atoms with Crippen LogP contribution in [0, 0.1) is 17.7 Å². The Balaban J connectivity index is 2.04. The van der Waals surface area contributed by atoms with Crippen LogP contribution in [0.3, 0.4) is 0 Å². The summed E-state index contributed by atoms with van der Waals surface area (Å²) in [5.41, 5.74) is 0.0651. The molecule has 0 N–H and O–H groups in total. The Morgan fingerprint density at radius 3 is 2.67 bits per heavy atom. The molecule has 0 radical (unpaired) electrons. The Labute approximate surface area is 104 Å². The third kappa shape index (κ3) is 1.49. The molecule has 2 unspecified atom stereocenters. The fraction of sp³-hybridized carbons (Fsp3) is 0.286. The lowest BCUT2D eigenvalue weighted by atomic mass is 9.86. The molecule has 0 saturated carbocycles. The monoisotopic (exact) mass is 245 g/mol. The van der Waals surface area contributed by atoms with E-state index in [1.165, 1.54) is 18.2 Å². The van der Waals surface area contributed by atoms with E-state index >= 15 is 0 Å². The van der Waals surface area contributed by atoms with E-state index in [0.29, 0.717) is 6.42 Å². The molecule has 0 aromatic heterocycles. The molecule has 1 heterocycles. The molecular formula is C14H12FNO2. The van der Waals surface area contributed by atoms with Crippen LogP contribution in [-0.4, -0.2) is 11.8 Å². The summed E-state index contributed by atoms with van der Waals surface area (Å²) in [7, 11) is 0. The number of rotatable bonds is 1. The van der Waals surface area contributed by atoms with E-state index in [1.54, 1.807) is 12.1 Å². The number of allylic oxidation sites excluding steroid dienone is 1. The third-order valence-corrected chi connectivity index (χ3v) is 3.56. The van der Waals surface area contributed by atoms with Gasteiger partial charge in [0.05, 0.1) is 17.5 Å². The van der Waals surface area contributed by atoms with Crippen molar-refractivity contribution in [2.45, 2.75) is 12.8 Å². The number of nitrogens with zero attached hydrogens (tertiary/aromatic N) is 1. The summed E-state index contributed by atoms with van der Waals surface area (Å²) in [5.74, 6) is -1.86. The number of para-hydroxylation sites is 1. The van der Waals surface area contributed by atoms with Crippen LogP contribution in [-0.2, 0) is 9.59 Å². The topological polar surface area (TPSA) is 37.4 Å². The highest BCUT2D eigenvalue weighted by Gasteiger charge is 2.47. The summed E-state index contributed by atoms with van der Waals surface area (Å²) in [5, 5.41) is 0. The van der Waals surface area contributed by atoms with Gasteiger partial charge in [0, 0.05) is 0 Å². The quantitative estimate of drug-likeness (QED) is 0.562. The molecule has 0 bridgehead atoms. The number of benzene rings is 1. The van der Waals surface area contributed by atoms with Crippen molar-refractivity contribution < 1.29 is 14.0 Å². The Bertz CT molecular complexity index is 552. The van der Waals surface area contributed by atoms with Gasteiger partial charge < -0.3 is 0 Å². The second-order valence-corrected chi connectivity index (χ2v) is 4.60. The average Bonchev–Trinajstić information content (AvgIpc) is 2.64. The minimum absolute atomic E-state index is 0.0651. The van der Waals surface area contributed by atoms with Crippen LogP contribution in [0.1, 0.15) is 12.8 Å². The van der Waals surface area contributed by atoms with Gasteiger partial charge in [-0.2, -0.15) is 0 Å². The number of carbonyl (C=O) groups is 2. The van der Waals surface area contributed by atoms with E-state index in [2.05, 4.69) is 0 Å². The van der Waals surface area contributed by atoms with Crippen molar-refractivity contribution in [1.29, 1.82) is 0 Å². The maximum atomic E-state index is 13.7. The standard InChI is InChI=1S/C14H12FNO2/c15-11-7-3-4-8-12(11)16-13(17)9-5-1-2-6-10(9)14(16)18/h1,3-5,7-10H,2,6H2. The van der Waals surface area contributed by atoms with Gasteiger partial charge >= 0.3 is 0 Å². The van der Waals surface area contributed by atoms with E-state index in [-0.39, 0.29) is 23.4 Å². The molecule has 1 aromatic carbocycles. The van der Waals surface area contributed by atoms with E-state index in [0.717, 1.165) is 11.3 Å². The second kappa shape index (κ2) is 4.05. The molecule has 1 aliphatic heterocycles. The average molecular weight is 245 g/mol. The van der Waals surface area contributed by atoms with Gasteiger partial charge in [-0.25, -0.2) is 9.29 Å². The van der Waals surface area contributed by atoms with E-state index < -0.39 is 11.7 Å². The van der Waals surface area contributed by atoms with Crippen molar-refractivity contribution in [3.8, 4) is 0 Å². The lowest BCUT2D eigenvalue weighted by Gasteiger charge is -2.15. The van der Waals surface area contributed by atoms with Crippen LogP contribution >= 0.6 is 0 Å². The maximum absolute atomic E-state index is 13.7. The molecule has 2 atom stereocenters. The van der Waals surface area contributed by atoms with Gasteiger partial charge in [-0.3, -0.25) is 9.59 Å². The summed E-state index contributed by atoms with van der Waals surface area (Å²) in [4.78, 5) is 25.4. The lowest BCUT2D eigenvalue weighted by Crippen LogP contribution is -2.31. The Hall–Kier alpha value is -1.97. The molecule has 1 aromatic rings. The van der Waals surface area contributed by atoms with Crippen LogP contribution in [0.15, 0.2) is 36.4 Å². The zero-order chi connectivity index (χ0) is 12.7. The van der Waals surface area contributed by atoms with Crippen LogP contribution in [0.5, 0.6) is 0 Å². The van der Waals surface area contributed by atoms with Crippen molar-refractivity contribution in [3.63, 3.8) is 0 Å². The molecule has 4 heteroatoms. The molecule has 1 aliphatic carbocycles. The number of fused-ring (bicyclic) bond motifs is 1. The van der Waals surface area contributed by atoms with Gasteiger partial charge in [0.15, 0.2) is 0 Å². The summed E-state index contributed by atoms with van der Waals surface area (Å²) >= 11 is 0. The Morgan fingerprint density at radius 2 is 1.94 bits per heavy atom. The molecule has 2 amide bonds. The molecule has 0 spiro atoms. The lowest BCUT2D eigenvalue weighted by molar-refractivity contribution is -0.122. The van der Waals surface area contributed by atoms with Gasteiger partial charge in [-0.15, -0.1) is 0 Å². The van der Waals surface area contributed by atoms with E-state index in [1.807, 2.05) is 6.08 Å². The fourth-order valence-electron chi connectivity index (χ4n) is 2.66. The molecule has 1 fully saturated rings. The van der Waals surface area contributed by atoms with Gasteiger partial charge in [0.25, 0.3) is 0 Å². The normalized spacial score (nSPS) is 26.6. The maximum Gasteiger partial charge on any atom is 0.241 e. The SMILES string of the molecule is O=C1C2C=CCCC2C(=O)N1c1ccccc1F. The minimum Gasteiger partial charge on any atom is -0.274 e. The number of hydrogen-bond acceptors (Lipinski definition) is 2. The first kappa shape index (κ1) is 11.1. The molecular weight excluding hydrogens is 233 g/mol. The Morgan fingerprint density at radius 1 is 1.17 bits per heavy atom. The predicted molar refractivity (Wildman–Crippen MR) is 64.2 cm³/mol. The van der Waals surface area contributed by atoms with Crippen molar-refractivity contribution in [1.82, 2.24) is 0 Å². The van der Waals surface area contributed by atoms with E-state index in [4.69, 9.17) is 0 Å². The third-order valence-electron chi connectivity index (χ3n) is 3.56. The molecule has 3 nitrogen and oxygen atoms in total. The largest absolute Gasteiger partial charge is 0.274 e. The van der Waals surface area contributed by atoms with E-state index in [9.17, 15) is 14.0 Å². The predicted octanol–water partition coefficient (Wildman–Crippen LogP) is 2.28. The molecule has 3 rings (SSSR count). The number of hydrogen-bond donors (Lipinski definition) is 0. The smallest absolute Gasteiger partial charge is 0.241 e. The second-order valence-electron chi connectivity index (χ2n) is 4.60. The molecule has 2 aliphatic rings.